The van der Waals surface area contributed by atoms with Crippen molar-refractivity contribution in [2.45, 2.75) is 11.9 Å². The predicted molar refractivity (Wildman–Crippen MR) is 19.4 cm³/mol. The molecule has 8 N–H and O–H groups in total. The number of hydrogen-bond donors (Lipinski definition) is 6. The number of rotatable bonds is 1. The van der Waals surface area contributed by atoms with Crippen LogP contribution >= 0.6 is 0 Å². The van der Waals surface area contributed by atoms with Crippen LogP contribution in [-0.4, -0.2) is 37.4 Å². The van der Waals surface area contributed by atoms with Crippen molar-refractivity contribution >= 4 is 0 Å². The molecule has 0 saturated heterocycles. The van der Waals surface area contributed by atoms with Crippen LogP contribution in [0.5, 0.6) is 0 Å². The number of aliphatic hydroxyl groups is 5. The molecule has 0 aromatic carbocycles. The molecule has 9 heavy (non-hydrogen) atoms. The van der Waals surface area contributed by atoms with Gasteiger partial charge in [0.1, 0.15) is 0 Å². The molecule has 0 amide bonds. The summed E-state index contributed by atoms with van der Waals surface area (Å²) < 4.78 is 0. The maximum absolute atomic E-state index is 8.05. The van der Waals surface area contributed by atoms with Crippen LogP contribution < -0.4 is 18.1 Å². The Hall–Kier alpha value is 0.0500. The lowest BCUT2D eigenvalue weighted by atomic mass is 10.4. The van der Waals surface area contributed by atoms with Gasteiger partial charge in [0.05, 0.1) is 0 Å². The summed E-state index contributed by atoms with van der Waals surface area (Å²) in [6.45, 7) is 0. The van der Waals surface area contributed by atoms with Crippen molar-refractivity contribution in [3.8, 4) is 0 Å². The molecule has 0 unspecified atom stereocenters. The van der Waals surface area contributed by atoms with Crippen LogP contribution in [0.2, 0.25) is 0 Å². The van der Waals surface area contributed by atoms with Gasteiger partial charge in [-0.3, -0.25) is 5.73 Å². The van der Waals surface area contributed by atoms with E-state index in [1.54, 1.807) is 0 Å². The van der Waals surface area contributed by atoms with Gasteiger partial charge in [-0.15, -0.1) is 0 Å². The lowest BCUT2D eigenvalue weighted by Gasteiger charge is -2.20. The molecule has 0 bridgehead atoms. The molecule has 6 nitrogen and oxygen atoms in total. The lowest BCUT2D eigenvalue weighted by molar-refractivity contribution is -0.698. The molecule has 0 aliphatic carbocycles. The Labute approximate surface area is 56.6 Å². The normalized spacial score (nSPS) is 12.7. The first-order chi connectivity index (χ1) is 3.25. The second-order valence-electron chi connectivity index (χ2n) is 1.45. The van der Waals surface area contributed by atoms with Gasteiger partial charge in [0, 0.05) is 0 Å². The van der Waals surface area contributed by atoms with Gasteiger partial charge in [-0.1, -0.05) is 0 Å². The van der Waals surface area contributed by atoms with Crippen molar-refractivity contribution in [2.24, 2.45) is 0 Å². The highest BCUT2D eigenvalue weighted by molar-refractivity contribution is 4.52. The third-order valence-electron chi connectivity index (χ3n) is 0.537. The monoisotopic (exact) mass is 161 g/mol. The number of quaternary nitrogens is 1. The molecule has 58 valence electrons. The van der Waals surface area contributed by atoms with E-state index in [0.29, 0.717) is 0 Å². The molecule has 0 radical (unpaired) electrons. The topological polar surface area (TPSA) is 129 Å². The summed E-state index contributed by atoms with van der Waals surface area (Å²) >= 11 is 0. The Morgan fingerprint density at radius 3 is 1.00 bits per heavy atom. The van der Waals surface area contributed by atoms with E-state index in [0.717, 1.165) is 0 Å². The summed E-state index contributed by atoms with van der Waals surface area (Å²) in [7, 11) is 0. The molecular formula is C2H8ClNO5. The Balaban J connectivity index is 0. The zero-order valence-electron chi connectivity index (χ0n) is 4.32. The molecule has 0 fully saturated rings. The van der Waals surface area contributed by atoms with E-state index >= 15 is 0 Å². The smallest absolute Gasteiger partial charge is 0.395 e. The van der Waals surface area contributed by atoms with Gasteiger partial charge in [0.25, 0.3) is 0 Å². The highest BCUT2D eigenvalue weighted by atomic mass is 35.5. The van der Waals surface area contributed by atoms with Crippen LogP contribution in [0.1, 0.15) is 0 Å². The van der Waals surface area contributed by atoms with E-state index in [9.17, 15) is 0 Å². The van der Waals surface area contributed by atoms with E-state index < -0.39 is 11.9 Å². The lowest BCUT2D eigenvalue weighted by Crippen LogP contribution is -3.00. The van der Waals surface area contributed by atoms with Crippen LogP contribution in [0.4, 0.5) is 0 Å². The molecule has 0 spiro atoms. The highest BCUT2D eigenvalue weighted by Gasteiger charge is 2.47. The van der Waals surface area contributed by atoms with Gasteiger partial charge in [-0.25, -0.2) is 0 Å². The van der Waals surface area contributed by atoms with Crippen LogP contribution in [0.25, 0.3) is 0 Å². The summed E-state index contributed by atoms with van der Waals surface area (Å²) in [5.41, 5.74) is 2.40. The second-order valence-corrected chi connectivity index (χ2v) is 1.45. The molecule has 0 rings (SSSR count). The quantitative estimate of drug-likeness (QED) is 0.213. The van der Waals surface area contributed by atoms with Crippen molar-refractivity contribution in [2.75, 3.05) is 0 Å². The molecule has 0 saturated carbocycles. The molecule has 0 aromatic heterocycles. The van der Waals surface area contributed by atoms with Crippen molar-refractivity contribution < 1.29 is 43.7 Å². The minimum absolute atomic E-state index is 0. The fraction of sp³-hybridized carbons (Fsp3) is 1.00. The summed E-state index contributed by atoms with van der Waals surface area (Å²) in [4.78, 5) is 0. The first kappa shape index (κ1) is 11.8. The van der Waals surface area contributed by atoms with Crippen molar-refractivity contribution in [1.82, 2.24) is 0 Å². The SMILES string of the molecule is [Cl-].[NH3+]C(O)(O)C(O)(O)O. The molecular weight excluding hydrogens is 153 g/mol. The minimum atomic E-state index is -3.56. The zero-order chi connectivity index (χ0) is 7.00. The number of hydrogen-bond acceptors (Lipinski definition) is 5. The molecule has 7 heteroatoms. The Kier molecular flexibility index (Phi) is 3.61. The standard InChI is InChI=1S/C2H7NO5.ClH/c3-1(4,5)2(6,7)8;/h4-8H,3H2;1H. The van der Waals surface area contributed by atoms with Gasteiger partial charge in [0.2, 0.25) is 0 Å². The first-order valence-electron chi connectivity index (χ1n) is 1.72. The van der Waals surface area contributed by atoms with Crippen LogP contribution in [-0.2, 0) is 0 Å². The van der Waals surface area contributed by atoms with Crippen molar-refractivity contribution in [1.29, 1.82) is 0 Å². The Bertz CT molecular complexity index is 69.9. The van der Waals surface area contributed by atoms with E-state index in [4.69, 9.17) is 25.5 Å². The van der Waals surface area contributed by atoms with Gasteiger partial charge in [0.15, 0.2) is 0 Å². The predicted octanol–water partition coefficient (Wildman–Crippen LogP) is -7.50. The summed E-state index contributed by atoms with van der Waals surface area (Å²) in [5.74, 6) is -6.71. The molecule has 0 heterocycles. The third kappa shape index (κ3) is 3.60. The average molecular weight is 162 g/mol. The largest absolute Gasteiger partial charge is 1.00 e. The van der Waals surface area contributed by atoms with Crippen molar-refractivity contribution in [3.63, 3.8) is 0 Å². The maximum Gasteiger partial charge on any atom is 0.395 e. The first-order valence-corrected chi connectivity index (χ1v) is 1.72. The van der Waals surface area contributed by atoms with E-state index in [-0.39, 0.29) is 12.4 Å². The average Bonchev–Trinajstić information content (AvgIpc) is 1.25. The van der Waals surface area contributed by atoms with Gasteiger partial charge in [-0.05, 0) is 0 Å². The van der Waals surface area contributed by atoms with E-state index in [1.807, 2.05) is 0 Å². The highest BCUT2D eigenvalue weighted by Crippen LogP contribution is 2.01. The van der Waals surface area contributed by atoms with Gasteiger partial charge < -0.3 is 37.9 Å². The fourth-order valence-electron chi connectivity index (χ4n) is 0. The Morgan fingerprint density at radius 2 is 1.00 bits per heavy atom. The number of halogens is 1. The van der Waals surface area contributed by atoms with E-state index in [2.05, 4.69) is 5.73 Å². The van der Waals surface area contributed by atoms with Crippen LogP contribution in [0.3, 0.4) is 0 Å². The molecule has 0 aliphatic heterocycles. The summed E-state index contributed by atoms with van der Waals surface area (Å²) in [5, 5.41) is 39.8. The van der Waals surface area contributed by atoms with Gasteiger partial charge in [-0.2, -0.15) is 0 Å². The summed E-state index contributed by atoms with van der Waals surface area (Å²) in [6.07, 6.45) is 0. The summed E-state index contributed by atoms with van der Waals surface area (Å²) in [6, 6.07) is 0. The third-order valence-corrected chi connectivity index (χ3v) is 0.537. The van der Waals surface area contributed by atoms with Crippen molar-refractivity contribution in [3.05, 3.63) is 0 Å². The van der Waals surface area contributed by atoms with Crippen LogP contribution in [0.15, 0.2) is 0 Å². The molecule has 0 atom stereocenters. The minimum Gasteiger partial charge on any atom is -1.00 e. The zero-order valence-corrected chi connectivity index (χ0v) is 5.08. The maximum atomic E-state index is 8.05. The molecule has 0 aliphatic rings. The fourth-order valence-corrected chi connectivity index (χ4v) is 0. The molecule has 0 aromatic rings. The second kappa shape index (κ2) is 2.76. The van der Waals surface area contributed by atoms with Crippen LogP contribution in [0, 0.1) is 0 Å². The van der Waals surface area contributed by atoms with Gasteiger partial charge >= 0.3 is 11.9 Å². The Morgan fingerprint density at radius 1 is 0.889 bits per heavy atom. The van der Waals surface area contributed by atoms with E-state index in [1.165, 1.54) is 0 Å².